The number of ether oxygens (including phenoxy) is 2. The van der Waals surface area contributed by atoms with E-state index in [-0.39, 0.29) is 12.1 Å². The largest absolute Gasteiger partial charge is 0.497 e. The number of anilines is 1. The standard InChI is InChI=1S/C22H34N6O3/c1-5-23-22(24-14-20-26-21(27-31-20)16(3)30-6-2)25-17-9-8-12-28(15-17)18-10-7-11-19(13-18)29-4/h7,10-11,13,16-17H,5-6,8-9,12,14-15H2,1-4H3,(H2,23,24,25). The van der Waals surface area contributed by atoms with Gasteiger partial charge in [-0.25, -0.2) is 4.99 Å². The molecule has 1 aromatic carbocycles. The molecule has 1 fully saturated rings. The van der Waals surface area contributed by atoms with Gasteiger partial charge in [0.05, 0.1) is 7.11 Å². The lowest BCUT2D eigenvalue weighted by Gasteiger charge is -2.35. The van der Waals surface area contributed by atoms with Crippen molar-refractivity contribution in [2.45, 2.75) is 52.3 Å². The second-order valence-electron chi connectivity index (χ2n) is 7.47. The molecule has 2 N–H and O–H groups in total. The van der Waals surface area contributed by atoms with Crippen molar-refractivity contribution < 1.29 is 14.0 Å². The molecule has 1 saturated heterocycles. The summed E-state index contributed by atoms with van der Waals surface area (Å²) in [6.45, 7) is 9.51. The third kappa shape index (κ3) is 6.58. The van der Waals surface area contributed by atoms with Crippen LogP contribution in [0.5, 0.6) is 5.75 Å². The predicted molar refractivity (Wildman–Crippen MR) is 121 cm³/mol. The molecular weight excluding hydrogens is 396 g/mol. The van der Waals surface area contributed by atoms with Gasteiger partial charge in [0.2, 0.25) is 5.89 Å². The Morgan fingerprint density at radius 3 is 3.03 bits per heavy atom. The first kappa shape index (κ1) is 22.9. The second-order valence-corrected chi connectivity index (χ2v) is 7.47. The van der Waals surface area contributed by atoms with Gasteiger partial charge in [0, 0.05) is 44.0 Å². The molecule has 2 unspecified atom stereocenters. The Balaban J connectivity index is 1.61. The maximum absolute atomic E-state index is 5.51. The third-order valence-electron chi connectivity index (χ3n) is 5.16. The van der Waals surface area contributed by atoms with Crippen molar-refractivity contribution >= 4 is 11.6 Å². The molecule has 31 heavy (non-hydrogen) atoms. The van der Waals surface area contributed by atoms with Gasteiger partial charge in [-0.1, -0.05) is 11.2 Å². The Kier molecular flexibility index (Phi) is 8.52. The van der Waals surface area contributed by atoms with E-state index in [9.17, 15) is 0 Å². The maximum Gasteiger partial charge on any atom is 0.248 e. The van der Waals surface area contributed by atoms with Crippen LogP contribution in [0.15, 0.2) is 33.8 Å². The van der Waals surface area contributed by atoms with Crippen molar-refractivity contribution in [2.24, 2.45) is 4.99 Å². The summed E-state index contributed by atoms with van der Waals surface area (Å²) in [6, 6.07) is 8.49. The normalized spacial score (nSPS) is 18.0. The lowest BCUT2D eigenvalue weighted by molar-refractivity contribution is 0.0683. The van der Waals surface area contributed by atoms with E-state index in [1.54, 1.807) is 7.11 Å². The van der Waals surface area contributed by atoms with Crippen LogP contribution in [0.1, 0.15) is 51.4 Å². The lowest BCUT2D eigenvalue weighted by atomic mass is 10.0. The predicted octanol–water partition coefficient (Wildman–Crippen LogP) is 2.90. The average molecular weight is 431 g/mol. The van der Waals surface area contributed by atoms with E-state index in [1.165, 1.54) is 5.69 Å². The SMILES string of the molecule is CCNC(=NCc1nc(C(C)OCC)no1)NC1CCCN(c2cccc(OC)c2)C1. The van der Waals surface area contributed by atoms with E-state index in [4.69, 9.17) is 14.0 Å². The minimum Gasteiger partial charge on any atom is -0.497 e. The van der Waals surface area contributed by atoms with Crippen LogP contribution in [0, 0.1) is 0 Å². The highest BCUT2D eigenvalue weighted by atomic mass is 16.5. The Bertz CT molecular complexity index is 840. The number of methoxy groups -OCH3 is 1. The third-order valence-corrected chi connectivity index (χ3v) is 5.16. The molecule has 0 amide bonds. The fourth-order valence-corrected chi connectivity index (χ4v) is 3.62. The van der Waals surface area contributed by atoms with Crippen LogP contribution in [0.25, 0.3) is 0 Å². The summed E-state index contributed by atoms with van der Waals surface area (Å²) in [5.41, 5.74) is 1.18. The molecule has 9 heteroatoms. The first-order valence-electron chi connectivity index (χ1n) is 11.0. The molecule has 9 nitrogen and oxygen atoms in total. The zero-order valence-electron chi connectivity index (χ0n) is 18.9. The van der Waals surface area contributed by atoms with Gasteiger partial charge in [0.15, 0.2) is 11.8 Å². The molecule has 0 aliphatic carbocycles. The topological polar surface area (TPSA) is 97.0 Å². The van der Waals surface area contributed by atoms with Crippen molar-refractivity contribution in [3.05, 3.63) is 36.0 Å². The molecule has 1 aliphatic rings. The number of piperidine rings is 1. The van der Waals surface area contributed by atoms with E-state index in [1.807, 2.05) is 26.0 Å². The Morgan fingerprint density at radius 2 is 2.26 bits per heavy atom. The van der Waals surface area contributed by atoms with Crippen LogP contribution in [0.3, 0.4) is 0 Å². The minimum atomic E-state index is -0.192. The van der Waals surface area contributed by atoms with Crippen LogP contribution in [0.2, 0.25) is 0 Å². The van der Waals surface area contributed by atoms with Crippen molar-refractivity contribution in [1.82, 2.24) is 20.8 Å². The number of guanidine groups is 1. The van der Waals surface area contributed by atoms with Gasteiger partial charge in [-0.2, -0.15) is 4.98 Å². The summed E-state index contributed by atoms with van der Waals surface area (Å²) in [7, 11) is 1.70. The fraction of sp³-hybridized carbons (Fsp3) is 0.591. The average Bonchev–Trinajstić information content (AvgIpc) is 3.27. The molecule has 2 aromatic rings. The van der Waals surface area contributed by atoms with Crippen molar-refractivity contribution in [3.8, 4) is 5.75 Å². The van der Waals surface area contributed by atoms with E-state index in [2.05, 4.69) is 49.7 Å². The monoisotopic (exact) mass is 430 g/mol. The van der Waals surface area contributed by atoms with Gasteiger partial charge in [-0.3, -0.25) is 0 Å². The number of hydrogen-bond donors (Lipinski definition) is 2. The highest BCUT2D eigenvalue weighted by Gasteiger charge is 2.21. The van der Waals surface area contributed by atoms with Crippen molar-refractivity contribution in [3.63, 3.8) is 0 Å². The Morgan fingerprint density at radius 1 is 1.39 bits per heavy atom. The highest BCUT2D eigenvalue weighted by molar-refractivity contribution is 5.80. The summed E-state index contributed by atoms with van der Waals surface area (Å²) >= 11 is 0. The highest BCUT2D eigenvalue weighted by Crippen LogP contribution is 2.24. The fourth-order valence-electron chi connectivity index (χ4n) is 3.62. The summed E-state index contributed by atoms with van der Waals surface area (Å²) in [4.78, 5) is 11.4. The smallest absolute Gasteiger partial charge is 0.248 e. The van der Waals surface area contributed by atoms with E-state index >= 15 is 0 Å². The molecule has 2 atom stereocenters. The zero-order valence-corrected chi connectivity index (χ0v) is 18.9. The first-order chi connectivity index (χ1) is 15.1. The van der Waals surface area contributed by atoms with E-state index < -0.39 is 0 Å². The van der Waals surface area contributed by atoms with Crippen molar-refractivity contribution in [2.75, 3.05) is 38.3 Å². The number of nitrogens with one attached hydrogen (secondary N) is 2. The first-order valence-corrected chi connectivity index (χ1v) is 11.0. The Hall–Kier alpha value is -2.81. The molecule has 1 aromatic heterocycles. The number of hydrogen-bond acceptors (Lipinski definition) is 7. The lowest BCUT2D eigenvalue weighted by Crippen LogP contribution is -2.51. The number of rotatable bonds is 9. The number of nitrogens with zero attached hydrogens (tertiary/aromatic N) is 4. The van der Waals surface area contributed by atoms with Crippen LogP contribution < -0.4 is 20.3 Å². The second kappa shape index (κ2) is 11.5. The van der Waals surface area contributed by atoms with Gasteiger partial charge in [0.25, 0.3) is 0 Å². The number of benzene rings is 1. The molecule has 1 aliphatic heterocycles. The molecule has 170 valence electrons. The van der Waals surface area contributed by atoms with Crippen molar-refractivity contribution in [1.29, 1.82) is 0 Å². The molecule has 3 rings (SSSR count). The van der Waals surface area contributed by atoms with E-state index in [0.29, 0.717) is 24.9 Å². The zero-order chi connectivity index (χ0) is 22.1. The Labute approximate surface area is 184 Å². The maximum atomic E-state index is 5.51. The molecule has 0 saturated carbocycles. The van der Waals surface area contributed by atoms with E-state index in [0.717, 1.165) is 44.2 Å². The van der Waals surface area contributed by atoms with Crippen LogP contribution in [0.4, 0.5) is 5.69 Å². The summed E-state index contributed by atoms with van der Waals surface area (Å²) in [5.74, 6) is 2.64. The minimum absolute atomic E-state index is 0.192. The quantitative estimate of drug-likeness (QED) is 0.463. The summed E-state index contributed by atoms with van der Waals surface area (Å²) < 4.78 is 16.2. The molecular formula is C22H34N6O3. The number of aliphatic imine (C=N–C) groups is 1. The van der Waals surface area contributed by atoms with Gasteiger partial charge in [0.1, 0.15) is 18.4 Å². The van der Waals surface area contributed by atoms with Crippen LogP contribution >= 0.6 is 0 Å². The van der Waals surface area contributed by atoms with Gasteiger partial charge in [-0.15, -0.1) is 0 Å². The summed E-state index contributed by atoms with van der Waals surface area (Å²) in [6.07, 6.45) is 2.00. The summed E-state index contributed by atoms with van der Waals surface area (Å²) in [5, 5.41) is 10.9. The number of aromatic nitrogens is 2. The molecule has 0 bridgehead atoms. The van der Waals surface area contributed by atoms with Crippen LogP contribution in [-0.4, -0.2) is 55.5 Å². The molecule has 0 radical (unpaired) electrons. The van der Waals surface area contributed by atoms with Gasteiger partial charge < -0.3 is 29.5 Å². The van der Waals surface area contributed by atoms with Gasteiger partial charge in [-0.05, 0) is 45.7 Å². The van der Waals surface area contributed by atoms with Crippen LogP contribution in [-0.2, 0) is 11.3 Å². The molecule has 2 heterocycles. The van der Waals surface area contributed by atoms with Gasteiger partial charge >= 0.3 is 0 Å². The molecule has 0 spiro atoms.